The fraction of sp³-hybridized carbons (Fsp3) is 0.565. The molecule has 10 heteroatoms. The highest BCUT2D eigenvalue weighted by molar-refractivity contribution is 7.85. The van der Waals surface area contributed by atoms with E-state index < -0.39 is 33.7 Å². The molecular weight excluding hydrogens is 470 g/mol. The zero-order valence-corrected chi connectivity index (χ0v) is 19.6. The van der Waals surface area contributed by atoms with Gasteiger partial charge in [-0.25, -0.2) is 4.98 Å². The van der Waals surface area contributed by atoms with Crippen molar-refractivity contribution in [1.82, 2.24) is 9.97 Å². The Morgan fingerprint density at radius 3 is 2.48 bits per heavy atom. The average molecular weight is 495 g/mol. The number of halogens is 3. The first-order chi connectivity index (χ1) is 15.7. The molecule has 6 nitrogen and oxygen atoms in total. The van der Waals surface area contributed by atoms with Gasteiger partial charge in [0, 0.05) is 23.5 Å². The molecule has 0 bridgehead atoms. The lowest BCUT2D eigenvalue weighted by atomic mass is 9.56. The van der Waals surface area contributed by atoms with E-state index in [4.69, 9.17) is 11.6 Å². The molecule has 1 saturated heterocycles. The number of fused-ring (bicyclic) bond motifs is 1. The van der Waals surface area contributed by atoms with Gasteiger partial charge in [-0.2, -0.15) is 13.8 Å². The van der Waals surface area contributed by atoms with Crippen molar-refractivity contribution < 1.29 is 18.1 Å². The quantitative estimate of drug-likeness (QED) is 0.653. The lowest BCUT2D eigenvalue weighted by Crippen LogP contribution is -2.62. The van der Waals surface area contributed by atoms with Gasteiger partial charge in [-0.15, -0.1) is 0 Å². The smallest absolute Gasteiger partial charge is 0.302 e. The fourth-order valence-electron chi connectivity index (χ4n) is 5.73. The molecule has 0 unspecified atom stereocenters. The van der Waals surface area contributed by atoms with E-state index in [0.29, 0.717) is 5.92 Å². The fourth-order valence-corrected chi connectivity index (χ4v) is 7.19. The van der Waals surface area contributed by atoms with E-state index in [9.17, 15) is 18.1 Å². The van der Waals surface area contributed by atoms with Gasteiger partial charge >= 0.3 is 5.92 Å². The molecular formula is C23H25ClF2N4O2S. The molecule has 4 aliphatic rings. The van der Waals surface area contributed by atoms with E-state index in [2.05, 4.69) is 27.4 Å². The number of anilines is 2. The first-order valence-corrected chi connectivity index (χ1v) is 13.0. The van der Waals surface area contributed by atoms with Gasteiger partial charge in [-0.3, -0.25) is 4.21 Å². The SMILES string of the molecule is O=[S@]1CC(F)(F)c2nc(N3CC4(CC(c5ccc(Cl)cc5)C4)C3)nc(NC3(CO)CCC3)c21. The van der Waals surface area contributed by atoms with Crippen LogP contribution in [0.25, 0.3) is 0 Å². The Hall–Kier alpha value is -1.84. The van der Waals surface area contributed by atoms with E-state index in [0.717, 1.165) is 50.2 Å². The minimum absolute atomic E-state index is 0.00911. The van der Waals surface area contributed by atoms with E-state index in [-0.39, 0.29) is 28.7 Å². The Bertz CT molecular complexity index is 1120. The number of alkyl halides is 2. The van der Waals surface area contributed by atoms with Crippen molar-refractivity contribution in [3.63, 3.8) is 0 Å². The first kappa shape index (κ1) is 21.7. The van der Waals surface area contributed by atoms with Crippen LogP contribution < -0.4 is 10.2 Å². The summed E-state index contributed by atoms with van der Waals surface area (Å²) in [6.07, 6.45) is 4.46. The Kier molecular flexibility index (Phi) is 4.81. The third kappa shape index (κ3) is 3.46. The standard InChI is InChI=1S/C23H25ClF2N4O2S/c24-16-4-2-14(3-5-16)15-8-21(9-15)10-30(11-21)20-27-18-17(33(32)13-23(18,25)26)19(28-20)29-22(12-31)6-1-7-22/h2-5,15,31H,1,6-13H2,(H,27,28,29)/t33-/m0/s1. The van der Waals surface area contributed by atoms with Crippen LogP contribution in [0.2, 0.25) is 5.02 Å². The third-order valence-electron chi connectivity index (χ3n) is 7.77. The zero-order chi connectivity index (χ0) is 23.0. The molecule has 2 aromatic rings. The van der Waals surface area contributed by atoms with Crippen LogP contribution in [0.1, 0.15) is 49.3 Å². The van der Waals surface area contributed by atoms with Crippen LogP contribution >= 0.6 is 11.6 Å². The summed E-state index contributed by atoms with van der Waals surface area (Å²) in [6.45, 7) is 1.31. The lowest BCUT2D eigenvalue weighted by Gasteiger charge is -2.59. The minimum atomic E-state index is -3.25. The largest absolute Gasteiger partial charge is 0.394 e. The Labute approximate surface area is 198 Å². The summed E-state index contributed by atoms with van der Waals surface area (Å²) in [4.78, 5) is 10.7. The van der Waals surface area contributed by atoms with Crippen LogP contribution in [0, 0.1) is 5.41 Å². The van der Waals surface area contributed by atoms with Crippen LogP contribution in [0.4, 0.5) is 20.5 Å². The van der Waals surface area contributed by atoms with Crippen LogP contribution in [0.5, 0.6) is 0 Å². The maximum atomic E-state index is 14.7. The zero-order valence-electron chi connectivity index (χ0n) is 18.0. The maximum Gasteiger partial charge on any atom is 0.302 e. The number of hydrogen-bond donors (Lipinski definition) is 2. The normalized spacial score (nSPS) is 26.3. The van der Waals surface area contributed by atoms with Crippen LogP contribution in [0.3, 0.4) is 0 Å². The van der Waals surface area contributed by atoms with Crippen LogP contribution in [-0.2, 0) is 16.7 Å². The molecule has 2 saturated carbocycles. The summed E-state index contributed by atoms with van der Waals surface area (Å²) in [5.41, 5.74) is 0.415. The van der Waals surface area contributed by atoms with Crippen molar-refractivity contribution in [3.8, 4) is 0 Å². The molecule has 2 N–H and O–H groups in total. The second-order valence-electron chi connectivity index (χ2n) is 10.2. The van der Waals surface area contributed by atoms with Gasteiger partial charge in [-0.05, 0) is 55.7 Å². The Morgan fingerprint density at radius 2 is 1.88 bits per heavy atom. The molecule has 1 aromatic heterocycles. The molecule has 3 fully saturated rings. The van der Waals surface area contributed by atoms with Crippen molar-refractivity contribution >= 4 is 34.2 Å². The Balaban J connectivity index is 1.23. The van der Waals surface area contributed by atoms with Crippen molar-refractivity contribution in [3.05, 3.63) is 40.5 Å². The predicted molar refractivity (Wildman–Crippen MR) is 123 cm³/mol. The molecule has 0 amide bonds. The third-order valence-corrected chi connectivity index (χ3v) is 9.49. The molecule has 6 rings (SSSR count). The van der Waals surface area contributed by atoms with Gasteiger partial charge in [0.1, 0.15) is 16.4 Å². The van der Waals surface area contributed by atoms with Crippen molar-refractivity contribution in [1.29, 1.82) is 0 Å². The molecule has 1 spiro atoms. The second-order valence-corrected chi connectivity index (χ2v) is 12.0. The molecule has 3 heterocycles. The first-order valence-electron chi connectivity index (χ1n) is 11.3. The Morgan fingerprint density at radius 1 is 1.18 bits per heavy atom. The lowest BCUT2D eigenvalue weighted by molar-refractivity contribution is 0.0187. The summed E-state index contributed by atoms with van der Waals surface area (Å²) in [5.74, 6) is -3.10. The second kappa shape index (κ2) is 7.33. The number of nitrogens with one attached hydrogen (secondary N) is 1. The number of nitrogens with zero attached hydrogens (tertiary/aromatic N) is 3. The summed E-state index contributed by atoms with van der Waals surface area (Å²) >= 11 is 5.99. The molecule has 0 radical (unpaired) electrons. The molecule has 1 atom stereocenters. The van der Waals surface area contributed by atoms with Crippen molar-refractivity contribution in [2.75, 3.05) is 35.7 Å². The highest BCUT2D eigenvalue weighted by Gasteiger charge is 2.55. The van der Waals surface area contributed by atoms with Crippen LogP contribution in [0.15, 0.2) is 29.2 Å². The highest BCUT2D eigenvalue weighted by Crippen LogP contribution is 2.57. The van der Waals surface area contributed by atoms with Crippen LogP contribution in [-0.4, -0.2) is 50.3 Å². The van der Waals surface area contributed by atoms with Gasteiger partial charge in [0.15, 0.2) is 0 Å². The number of aliphatic hydroxyl groups excluding tert-OH is 1. The van der Waals surface area contributed by atoms with E-state index in [1.807, 2.05) is 17.0 Å². The number of rotatable bonds is 5. The van der Waals surface area contributed by atoms with Gasteiger partial charge in [-0.1, -0.05) is 23.7 Å². The van der Waals surface area contributed by atoms with Gasteiger partial charge in [0.2, 0.25) is 5.95 Å². The van der Waals surface area contributed by atoms with Crippen molar-refractivity contribution in [2.45, 2.75) is 54.4 Å². The number of hydrogen-bond acceptors (Lipinski definition) is 6. The number of aromatic nitrogens is 2. The summed E-state index contributed by atoms with van der Waals surface area (Å²) < 4.78 is 41.8. The summed E-state index contributed by atoms with van der Waals surface area (Å²) in [7, 11) is -1.88. The van der Waals surface area contributed by atoms with Gasteiger partial charge in [0.05, 0.1) is 28.7 Å². The van der Waals surface area contributed by atoms with E-state index in [1.165, 1.54) is 5.56 Å². The highest BCUT2D eigenvalue weighted by atomic mass is 35.5. The van der Waals surface area contributed by atoms with Crippen molar-refractivity contribution in [2.24, 2.45) is 5.41 Å². The molecule has 2 aliphatic carbocycles. The van der Waals surface area contributed by atoms with E-state index in [1.54, 1.807) is 0 Å². The molecule has 1 aromatic carbocycles. The topological polar surface area (TPSA) is 78.4 Å². The maximum absolute atomic E-state index is 14.7. The van der Waals surface area contributed by atoms with Gasteiger partial charge < -0.3 is 15.3 Å². The monoisotopic (exact) mass is 494 g/mol. The average Bonchev–Trinajstić information content (AvgIpc) is 2.92. The molecule has 176 valence electrons. The summed E-state index contributed by atoms with van der Waals surface area (Å²) in [5, 5.41) is 13.7. The number of benzene rings is 1. The molecule has 33 heavy (non-hydrogen) atoms. The summed E-state index contributed by atoms with van der Waals surface area (Å²) in [6, 6.07) is 7.95. The minimum Gasteiger partial charge on any atom is -0.394 e. The van der Waals surface area contributed by atoms with Gasteiger partial charge in [0.25, 0.3) is 0 Å². The predicted octanol–water partition coefficient (Wildman–Crippen LogP) is 4.05. The van der Waals surface area contributed by atoms with E-state index >= 15 is 0 Å². The molecule has 2 aliphatic heterocycles. The number of aliphatic hydroxyl groups is 1.